The number of fused-ring (bicyclic) bond motifs is 1. The van der Waals surface area contributed by atoms with Crippen molar-refractivity contribution in [2.75, 3.05) is 7.11 Å². The van der Waals surface area contributed by atoms with Crippen LogP contribution in [0.25, 0.3) is 0 Å². The van der Waals surface area contributed by atoms with Gasteiger partial charge in [-0.25, -0.2) is 4.79 Å². The van der Waals surface area contributed by atoms with E-state index < -0.39 is 5.97 Å². The number of rotatable bonds is 7. The lowest BCUT2D eigenvalue weighted by atomic mass is 9.94. The van der Waals surface area contributed by atoms with E-state index in [0.717, 1.165) is 5.57 Å². The zero-order valence-corrected chi connectivity index (χ0v) is 13.7. The van der Waals surface area contributed by atoms with E-state index in [9.17, 15) is 19.8 Å². The number of aromatic hydroxyl groups is 1. The molecule has 0 radical (unpaired) electrons. The number of cyclic esters (lactones) is 1. The fourth-order valence-electron chi connectivity index (χ4n) is 2.76. The van der Waals surface area contributed by atoms with Gasteiger partial charge in [-0.3, -0.25) is 4.79 Å². The molecule has 130 valence electrons. The first-order valence-electron chi connectivity index (χ1n) is 7.56. The van der Waals surface area contributed by atoms with Crippen molar-refractivity contribution in [3.8, 4) is 11.5 Å². The fourth-order valence-corrected chi connectivity index (χ4v) is 2.76. The molecule has 24 heavy (non-hydrogen) atoms. The summed E-state index contributed by atoms with van der Waals surface area (Å²) in [5.41, 5.74) is 7.42. The Morgan fingerprint density at radius 2 is 2.08 bits per heavy atom. The van der Waals surface area contributed by atoms with E-state index in [1.807, 2.05) is 13.0 Å². The summed E-state index contributed by atoms with van der Waals surface area (Å²) in [5, 5.41) is 20.1. The third kappa shape index (κ3) is 3.35. The number of amides is 1. The summed E-state index contributed by atoms with van der Waals surface area (Å²) in [7, 11) is 1.44. The minimum Gasteiger partial charge on any atom is -0.507 e. The van der Waals surface area contributed by atoms with Crippen molar-refractivity contribution in [3.63, 3.8) is 0 Å². The number of aliphatic hydroxyl groups is 1. The molecule has 0 saturated carbocycles. The van der Waals surface area contributed by atoms with Crippen LogP contribution < -0.4 is 10.5 Å². The summed E-state index contributed by atoms with van der Waals surface area (Å²) in [6.45, 7) is 1.52. The predicted octanol–water partition coefficient (Wildman–Crippen LogP) is 1.32. The molecule has 7 heteroatoms. The molecule has 1 aromatic carbocycles. The molecule has 0 aliphatic carbocycles. The average molecular weight is 335 g/mol. The van der Waals surface area contributed by atoms with E-state index in [-0.39, 0.29) is 43.3 Å². The molecule has 0 atom stereocenters. The number of esters is 1. The molecule has 0 spiro atoms. The number of methoxy groups -OCH3 is 1. The summed E-state index contributed by atoms with van der Waals surface area (Å²) in [5.74, 6) is -0.854. The normalized spacial score (nSPS) is 13.6. The predicted molar refractivity (Wildman–Crippen MR) is 85.6 cm³/mol. The third-order valence-corrected chi connectivity index (χ3v) is 4.07. The van der Waals surface area contributed by atoms with Gasteiger partial charge in [0.2, 0.25) is 5.91 Å². The molecular weight excluding hydrogens is 314 g/mol. The Kier molecular flexibility index (Phi) is 5.46. The minimum absolute atomic E-state index is 0.00172. The van der Waals surface area contributed by atoms with Gasteiger partial charge in [-0.1, -0.05) is 11.6 Å². The summed E-state index contributed by atoms with van der Waals surface area (Å²) in [4.78, 5) is 22.7. The van der Waals surface area contributed by atoms with Crippen molar-refractivity contribution < 1.29 is 29.3 Å². The number of primary amides is 1. The standard InChI is InChI=1S/C17H21NO6/c1-9(4-6-13(18)20)3-5-10-15(21)14-12(8-24-17(14)22)11(7-19)16(10)23-2/h3,19,21H,4-8H2,1-2H3,(H2,18,20). The van der Waals surface area contributed by atoms with Crippen LogP contribution in [0.15, 0.2) is 11.6 Å². The Labute approximate surface area is 139 Å². The van der Waals surface area contributed by atoms with Crippen LogP contribution in [0.4, 0.5) is 0 Å². The Hall–Kier alpha value is -2.54. The summed E-state index contributed by atoms with van der Waals surface area (Å²) in [6, 6.07) is 0. The third-order valence-electron chi connectivity index (χ3n) is 4.07. The number of carbonyl (C=O) groups excluding carboxylic acids is 2. The van der Waals surface area contributed by atoms with Crippen molar-refractivity contribution in [2.45, 2.75) is 39.4 Å². The number of allylic oxidation sites excluding steroid dienone is 2. The lowest BCUT2D eigenvalue weighted by Crippen LogP contribution is -2.09. The van der Waals surface area contributed by atoms with Gasteiger partial charge in [0.1, 0.15) is 23.7 Å². The molecule has 0 saturated heterocycles. The molecule has 1 aromatic rings. The molecule has 4 N–H and O–H groups in total. The topological polar surface area (TPSA) is 119 Å². The molecule has 1 aliphatic heterocycles. The van der Waals surface area contributed by atoms with E-state index in [4.69, 9.17) is 15.2 Å². The number of hydrogen-bond acceptors (Lipinski definition) is 6. The molecular formula is C17H21NO6. The lowest BCUT2D eigenvalue weighted by Gasteiger charge is -2.16. The van der Waals surface area contributed by atoms with Gasteiger partial charge in [-0.2, -0.15) is 0 Å². The van der Waals surface area contributed by atoms with Crippen molar-refractivity contribution >= 4 is 11.9 Å². The SMILES string of the molecule is COc1c(CC=C(C)CCC(N)=O)c(O)c2c(c1CO)COC2=O. The number of aliphatic hydroxyl groups excluding tert-OH is 1. The summed E-state index contributed by atoms with van der Waals surface area (Å²) < 4.78 is 10.3. The number of nitrogens with two attached hydrogens (primary N) is 1. The fraction of sp³-hybridized carbons (Fsp3) is 0.412. The van der Waals surface area contributed by atoms with Crippen molar-refractivity contribution in [2.24, 2.45) is 5.73 Å². The van der Waals surface area contributed by atoms with Gasteiger partial charge in [0.25, 0.3) is 0 Å². The largest absolute Gasteiger partial charge is 0.507 e. The van der Waals surface area contributed by atoms with Crippen LogP contribution in [0, 0.1) is 0 Å². The number of phenolic OH excluding ortho intramolecular Hbond substituents is 1. The van der Waals surface area contributed by atoms with Crippen LogP contribution in [0.2, 0.25) is 0 Å². The maximum absolute atomic E-state index is 11.9. The van der Waals surface area contributed by atoms with Crippen molar-refractivity contribution in [1.29, 1.82) is 0 Å². The molecule has 1 amide bonds. The Balaban J connectivity index is 2.42. The minimum atomic E-state index is -0.615. The Bertz CT molecular complexity index is 708. The van der Waals surface area contributed by atoms with E-state index in [1.165, 1.54) is 7.11 Å². The first-order valence-corrected chi connectivity index (χ1v) is 7.56. The summed E-state index contributed by atoms with van der Waals surface area (Å²) >= 11 is 0. The molecule has 0 unspecified atom stereocenters. The van der Waals surface area contributed by atoms with Crippen LogP contribution in [-0.2, 0) is 29.2 Å². The van der Waals surface area contributed by atoms with Crippen molar-refractivity contribution in [3.05, 3.63) is 33.9 Å². The molecule has 1 heterocycles. The highest BCUT2D eigenvalue weighted by atomic mass is 16.5. The van der Waals surface area contributed by atoms with Gasteiger partial charge in [-0.15, -0.1) is 0 Å². The lowest BCUT2D eigenvalue weighted by molar-refractivity contribution is -0.117. The van der Waals surface area contributed by atoms with Crippen molar-refractivity contribution in [1.82, 2.24) is 0 Å². The average Bonchev–Trinajstić information content (AvgIpc) is 2.93. The highest BCUT2D eigenvalue weighted by molar-refractivity contribution is 5.98. The van der Waals surface area contributed by atoms with Crippen LogP contribution in [0.3, 0.4) is 0 Å². The number of ether oxygens (including phenoxy) is 2. The van der Waals surface area contributed by atoms with Crippen LogP contribution in [0.5, 0.6) is 11.5 Å². The molecule has 2 rings (SSSR count). The number of benzene rings is 1. The van der Waals surface area contributed by atoms with E-state index in [0.29, 0.717) is 28.9 Å². The molecule has 7 nitrogen and oxygen atoms in total. The second kappa shape index (κ2) is 7.35. The maximum atomic E-state index is 11.9. The number of carbonyl (C=O) groups is 2. The smallest absolute Gasteiger partial charge is 0.342 e. The highest BCUT2D eigenvalue weighted by Crippen LogP contribution is 2.42. The van der Waals surface area contributed by atoms with Crippen LogP contribution in [0.1, 0.15) is 46.8 Å². The second-order valence-electron chi connectivity index (χ2n) is 5.65. The second-order valence-corrected chi connectivity index (χ2v) is 5.65. The maximum Gasteiger partial charge on any atom is 0.342 e. The van der Waals surface area contributed by atoms with E-state index >= 15 is 0 Å². The first kappa shape index (κ1) is 17.8. The number of phenols is 1. The first-order chi connectivity index (χ1) is 11.4. The van der Waals surface area contributed by atoms with Gasteiger partial charge < -0.3 is 25.4 Å². The quantitative estimate of drug-likeness (QED) is 0.511. The van der Waals surface area contributed by atoms with Gasteiger partial charge in [0.15, 0.2) is 0 Å². The summed E-state index contributed by atoms with van der Waals surface area (Å²) in [6.07, 6.45) is 2.86. The van der Waals surface area contributed by atoms with Gasteiger partial charge in [-0.05, 0) is 19.8 Å². The Morgan fingerprint density at radius 3 is 2.67 bits per heavy atom. The van der Waals surface area contributed by atoms with Crippen LogP contribution in [-0.4, -0.2) is 29.2 Å². The van der Waals surface area contributed by atoms with Gasteiger partial charge in [0, 0.05) is 23.1 Å². The van der Waals surface area contributed by atoms with E-state index in [1.54, 1.807) is 0 Å². The Morgan fingerprint density at radius 1 is 1.38 bits per heavy atom. The molecule has 0 fully saturated rings. The molecule has 0 aromatic heterocycles. The molecule has 0 bridgehead atoms. The van der Waals surface area contributed by atoms with Crippen LogP contribution >= 0.6 is 0 Å². The number of hydrogen-bond donors (Lipinski definition) is 3. The molecule has 1 aliphatic rings. The zero-order chi connectivity index (χ0) is 17.9. The highest BCUT2D eigenvalue weighted by Gasteiger charge is 2.33. The van der Waals surface area contributed by atoms with Gasteiger partial charge in [0.05, 0.1) is 13.7 Å². The van der Waals surface area contributed by atoms with E-state index in [2.05, 4.69) is 0 Å². The zero-order valence-electron chi connectivity index (χ0n) is 13.7. The monoisotopic (exact) mass is 335 g/mol. The van der Waals surface area contributed by atoms with Gasteiger partial charge >= 0.3 is 5.97 Å².